The van der Waals surface area contributed by atoms with Gasteiger partial charge in [0.05, 0.1) is 30.9 Å². The molecule has 0 saturated carbocycles. The van der Waals surface area contributed by atoms with Crippen LogP contribution >= 0.6 is 0 Å². The first-order valence-electron chi connectivity index (χ1n) is 12.7. The van der Waals surface area contributed by atoms with Crippen molar-refractivity contribution in [1.29, 1.82) is 0 Å². The summed E-state index contributed by atoms with van der Waals surface area (Å²) in [5.41, 5.74) is 3.27. The number of anilines is 2. The lowest BCUT2D eigenvalue weighted by molar-refractivity contribution is -0.114. The maximum atomic E-state index is 13.7. The van der Waals surface area contributed by atoms with Gasteiger partial charge < -0.3 is 14.8 Å². The highest BCUT2D eigenvalue weighted by Crippen LogP contribution is 2.31. The van der Waals surface area contributed by atoms with Crippen molar-refractivity contribution in [2.75, 3.05) is 49.6 Å². The Bertz CT molecular complexity index is 1600. The topological polar surface area (TPSA) is 122 Å². The number of aryl methyl sites for hydroxylation is 3. The molecule has 3 aromatic rings. The minimum Gasteiger partial charge on any atom is -0.495 e. The fourth-order valence-corrected chi connectivity index (χ4v) is 7.25. The van der Waals surface area contributed by atoms with Crippen molar-refractivity contribution < 1.29 is 31.1 Å². The average Bonchev–Trinajstić information content (AvgIpc) is 2.94. The van der Waals surface area contributed by atoms with Crippen LogP contribution in [0.4, 0.5) is 11.4 Å². The third-order valence-corrected chi connectivity index (χ3v) is 10.4. The molecule has 0 radical (unpaired) electrons. The summed E-state index contributed by atoms with van der Waals surface area (Å²) in [6.07, 6.45) is 0. The van der Waals surface area contributed by atoms with E-state index in [1.54, 1.807) is 30.3 Å². The van der Waals surface area contributed by atoms with Gasteiger partial charge >= 0.3 is 0 Å². The fraction of sp³-hybridized carbons (Fsp3) is 0.321. The van der Waals surface area contributed by atoms with E-state index in [4.69, 9.17) is 9.47 Å². The maximum Gasteiger partial charge on any atom is 0.264 e. The van der Waals surface area contributed by atoms with Crippen LogP contribution in [0.2, 0.25) is 0 Å². The molecular formula is C28H33N3O7S2. The van der Waals surface area contributed by atoms with Gasteiger partial charge in [-0.15, -0.1) is 0 Å². The van der Waals surface area contributed by atoms with Crippen LogP contribution in [0.15, 0.2) is 70.5 Å². The van der Waals surface area contributed by atoms with Crippen molar-refractivity contribution in [3.05, 3.63) is 77.4 Å². The van der Waals surface area contributed by atoms with E-state index in [1.165, 1.54) is 41.7 Å². The van der Waals surface area contributed by atoms with Gasteiger partial charge in [0.1, 0.15) is 17.2 Å². The first-order valence-corrected chi connectivity index (χ1v) is 15.5. The number of sulfonamides is 2. The lowest BCUT2D eigenvalue weighted by atomic mass is 10.1. The first kappa shape index (κ1) is 29.5. The van der Waals surface area contributed by atoms with Gasteiger partial charge in [-0.3, -0.25) is 9.10 Å². The second-order valence-electron chi connectivity index (χ2n) is 9.52. The molecule has 1 fully saturated rings. The van der Waals surface area contributed by atoms with E-state index in [9.17, 15) is 21.6 Å². The van der Waals surface area contributed by atoms with Crippen LogP contribution in [-0.2, 0) is 29.6 Å². The number of nitrogens with zero attached hydrogens (tertiary/aromatic N) is 2. The molecule has 214 valence electrons. The Labute approximate surface area is 235 Å². The number of carbonyl (C=O) groups excluding carboxylic acids is 1. The molecule has 0 aliphatic carbocycles. The summed E-state index contributed by atoms with van der Waals surface area (Å²) >= 11 is 0. The highest BCUT2D eigenvalue weighted by Gasteiger charge is 2.31. The zero-order valence-corrected chi connectivity index (χ0v) is 24.5. The SMILES string of the molecule is COc1ccc(NC(=O)CN(c2ccc(C)c(C)c2)S(=O)(=O)c2ccc(C)cc2)cc1S(=O)(=O)N1CCOCC1. The zero-order chi connectivity index (χ0) is 29.1. The normalized spacial score (nSPS) is 14.5. The summed E-state index contributed by atoms with van der Waals surface area (Å²) in [7, 11) is -6.67. The average molecular weight is 588 g/mol. The van der Waals surface area contributed by atoms with E-state index in [2.05, 4.69) is 5.32 Å². The number of rotatable bonds is 9. The highest BCUT2D eigenvalue weighted by molar-refractivity contribution is 7.92. The molecule has 1 aliphatic heterocycles. The van der Waals surface area contributed by atoms with Crippen molar-refractivity contribution in [1.82, 2.24) is 4.31 Å². The quantitative estimate of drug-likeness (QED) is 0.407. The molecule has 0 aromatic heterocycles. The summed E-state index contributed by atoms with van der Waals surface area (Å²) in [6, 6.07) is 15.8. The number of morpholine rings is 1. The van der Waals surface area contributed by atoms with Crippen molar-refractivity contribution in [3.63, 3.8) is 0 Å². The number of amides is 1. The molecular weight excluding hydrogens is 554 g/mol. The Balaban J connectivity index is 1.65. The number of hydrogen-bond donors (Lipinski definition) is 1. The van der Waals surface area contributed by atoms with Crippen molar-refractivity contribution >= 4 is 37.3 Å². The molecule has 1 saturated heterocycles. The van der Waals surface area contributed by atoms with Crippen LogP contribution in [0.1, 0.15) is 16.7 Å². The molecule has 40 heavy (non-hydrogen) atoms. The van der Waals surface area contributed by atoms with Gasteiger partial charge in [0.25, 0.3) is 10.0 Å². The second kappa shape index (κ2) is 12.0. The summed E-state index contributed by atoms with van der Waals surface area (Å²) < 4.78 is 67.0. The standard InChI is InChI=1S/C28H33N3O7S2/c1-20-5-10-25(11-6-20)39(33,34)31(24-9-7-21(2)22(3)17-24)19-28(32)29-23-8-12-26(37-4)27(18-23)40(35,36)30-13-15-38-16-14-30/h5-12,17-18H,13-16,19H2,1-4H3,(H,29,32). The van der Waals surface area contributed by atoms with E-state index in [0.29, 0.717) is 5.69 Å². The van der Waals surface area contributed by atoms with Gasteiger partial charge in [0.15, 0.2) is 0 Å². The van der Waals surface area contributed by atoms with E-state index < -0.39 is 32.5 Å². The Morgan fingerprint density at radius 2 is 1.60 bits per heavy atom. The molecule has 0 unspecified atom stereocenters. The van der Waals surface area contributed by atoms with Gasteiger partial charge in [-0.2, -0.15) is 4.31 Å². The third kappa shape index (κ3) is 6.30. The Morgan fingerprint density at radius 1 is 0.925 bits per heavy atom. The van der Waals surface area contributed by atoms with Gasteiger partial charge in [-0.05, 0) is 74.4 Å². The lowest BCUT2D eigenvalue weighted by Gasteiger charge is -2.27. The monoisotopic (exact) mass is 587 g/mol. The minimum atomic E-state index is -4.11. The molecule has 1 amide bonds. The zero-order valence-electron chi connectivity index (χ0n) is 22.9. The number of methoxy groups -OCH3 is 1. The minimum absolute atomic E-state index is 0.0486. The van der Waals surface area contributed by atoms with Crippen LogP contribution in [0.5, 0.6) is 5.75 Å². The van der Waals surface area contributed by atoms with Crippen LogP contribution in [-0.4, -0.2) is 67.0 Å². The number of carbonyl (C=O) groups is 1. The first-order chi connectivity index (χ1) is 18.9. The van der Waals surface area contributed by atoms with E-state index in [-0.39, 0.29) is 47.5 Å². The Hall–Kier alpha value is -3.45. The molecule has 0 bridgehead atoms. The number of ether oxygens (including phenoxy) is 2. The number of nitrogens with one attached hydrogen (secondary N) is 1. The van der Waals surface area contributed by atoms with Crippen molar-refractivity contribution in [2.24, 2.45) is 0 Å². The smallest absolute Gasteiger partial charge is 0.264 e. The molecule has 12 heteroatoms. The van der Waals surface area contributed by atoms with Gasteiger partial charge in [0, 0.05) is 18.8 Å². The molecule has 4 rings (SSSR count). The van der Waals surface area contributed by atoms with E-state index in [0.717, 1.165) is 21.0 Å². The second-order valence-corrected chi connectivity index (χ2v) is 13.3. The number of hydrogen-bond acceptors (Lipinski definition) is 7. The Morgan fingerprint density at radius 3 is 2.23 bits per heavy atom. The fourth-order valence-electron chi connectivity index (χ4n) is 4.25. The summed E-state index contributed by atoms with van der Waals surface area (Å²) in [5.74, 6) is -0.517. The molecule has 3 aromatic carbocycles. The summed E-state index contributed by atoms with van der Waals surface area (Å²) in [5, 5.41) is 2.66. The molecule has 10 nitrogen and oxygen atoms in total. The van der Waals surface area contributed by atoms with E-state index in [1.807, 2.05) is 20.8 Å². The maximum absolute atomic E-state index is 13.7. The van der Waals surface area contributed by atoms with Crippen molar-refractivity contribution in [3.8, 4) is 5.75 Å². The summed E-state index contributed by atoms with van der Waals surface area (Å²) in [6.45, 7) is 6.06. The van der Waals surface area contributed by atoms with E-state index >= 15 is 0 Å². The Kier molecular flexibility index (Phi) is 8.83. The van der Waals surface area contributed by atoms with Crippen LogP contribution in [0, 0.1) is 20.8 Å². The highest BCUT2D eigenvalue weighted by atomic mass is 32.2. The predicted octanol–water partition coefficient (Wildman–Crippen LogP) is 3.48. The predicted molar refractivity (Wildman–Crippen MR) is 153 cm³/mol. The third-order valence-electron chi connectivity index (χ3n) is 6.71. The number of benzene rings is 3. The molecule has 0 spiro atoms. The molecule has 0 atom stereocenters. The van der Waals surface area contributed by atoms with Gasteiger partial charge in [-0.25, -0.2) is 16.8 Å². The molecule has 1 heterocycles. The van der Waals surface area contributed by atoms with Gasteiger partial charge in [0.2, 0.25) is 15.9 Å². The van der Waals surface area contributed by atoms with Crippen LogP contribution in [0.25, 0.3) is 0 Å². The summed E-state index contributed by atoms with van der Waals surface area (Å²) in [4.78, 5) is 13.2. The largest absolute Gasteiger partial charge is 0.495 e. The molecule has 1 N–H and O–H groups in total. The molecule has 1 aliphatic rings. The van der Waals surface area contributed by atoms with Crippen LogP contribution < -0.4 is 14.4 Å². The van der Waals surface area contributed by atoms with Crippen LogP contribution in [0.3, 0.4) is 0 Å². The lowest BCUT2D eigenvalue weighted by Crippen LogP contribution is -2.40. The van der Waals surface area contributed by atoms with Gasteiger partial charge in [-0.1, -0.05) is 23.8 Å². The van der Waals surface area contributed by atoms with Crippen molar-refractivity contribution in [2.45, 2.75) is 30.6 Å².